The van der Waals surface area contributed by atoms with Gasteiger partial charge in [-0.3, -0.25) is 4.84 Å². The van der Waals surface area contributed by atoms with Crippen LogP contribution in [0.4, 0.5) is 10.3 Å². The fraction of sp³-hybridized carbons (Fsp3) is 0.231. The van der Waals surface area contributed by atoms with Crippen molar-refractivity contribution in [1.29, 1.82) is 0 Å². The molecule has 0 bridgehead atoms. The Labute approximate surface area is 109 Å². The average Bonchev–Trinajstić information content (AvgIpc) is 2.96. The lowest BCUT2D eigenvalue weighted by Crippen LogP contribution is -2.18. The zero-order valence-corrected chi connectivity index (χ0v) is 10.1. The van der Waals surface area contributed by atoms with Gasteiger partial charge in [-0.15, -0.1) is 0 Å². The van der Waals surface area contributed by atoms with E-state index < -0.39 is 0 Å². The van der Waals surface area contributed by atoms with Crippen LogP contribution in [0, 0.1) is 5.82 Å². The van der Waals surface area contributed by atoms with Crippen LogP contribution in [-0.2, 0) is 4.84 Å². The highest BCUT2D eigenvalue weighted by molar-refractivity contribution is 5.32. The van der Waals surface area contributed by atoms with Gasteiger partial charge in [0.1, 0.15) is 11.6 Å². The molecule has 0 atom stereocenters. The minimum Gasteiger partial charge on any atom is -0.439 e. The summed E-state index contributed by atoms with van der Waals surface area (Å²) in [5, 5.41) is 1.64. The molecule has 1 aliphatic heterocycles. The first-order valence-corrected chi connectivity index (χ1v) is 5.98. The van der Waals surface area contributed by atoms with Gasteiger partial charge in [0, 0.05) is 12.3 Å². The summed E-state index contributed by atoms with van der Waals surface area (Å²) in [4.78, 5) is 13.7. The predicted molar refractivity (Wildman–Crippen MR) is 66.4 cm³/mol. The van der Waals surface area contributed by atoms with Gasteiger partial charge in [-0.05, 0) is 30.7 Å². The summed E-state index contributed by atoms with van der Waals surface area (Å²) in [5.74, 6) is 1.08. The number of rotatable bonds is 3. The number of hydrogen-bond acceptors (Lipinski definition) is 5. The van der Waals surface area contributed by atoms with Gasteiger partial charge in [-0.2, -0.15) is 4.98 Å². The van der Waals surface area contributed by atoms with Crippen molar-refractivity contribution in [2.24, 2.45) is 0 Å². The van der Waals surface area contributed by atoms with Crippen LogP contribution >= 0.6 is 0 Å². The Kier molecular flexibility index (Phi) is 3.24. The van der Waals surface area contributed by atoms with Gasteiger partial charge in [0.2, 0.25) is 5.88 Å². The minimum absolute atomic E-state index is 0.304. The van der Waals surface area contributed by atoms with Crippen LogP contribution in [0.15, 0.2) is 36.5 Å². The van der Waals surface area contributed by atoms with E-state index >= 15 is 0 Å². The number of nitrogens with zero attached hydrogens (tertiary/aromatic N) is 3. The summed E-state index contributed by atoms with van der Waals surface area (Å²) in [5.41, 5.74) is 0. The van der Waals surface area contributed by atoms with Crippen LogP contribution in [0.1, 0.15) is 6.42 Å². The zero-order chi connectivity index (χ0) is 13.1. The molecule has 0 radical (unpaired) electrons. The number of halogens is 1. The third-order valence-electron chi connectivity index (χ3n) is 2.63. The molecular formula is C13H12FN3O2. The van der Waals surface area contributed by atoms with E-state index in [1.54, 1.807) is 29.5 Å². The van der Waals surface area contributed by atoms with Crippen molar-refractivity contribution >= 4 is 5.95 Å². The minimum atomic E-state index is -0.304. The molecule has 2 aromatic rings. The third kappa shape index (κ3) is 2.79. The summed E-state index contributed by atoms with van der Waals surface area (Å²) < 4.78 is 18.3. The maximum Gasteiger partial charge on any atom is 0.253 e. The Balaban J connectivity index is 1.77. The highest BCUT2D eigenvalue weighted by atomic mass is 19.1. The van der Waals surface area contributed by atoms with Crippen LogP contribution in [0.25, 0.3) is 0 Å². The van der Waals surface area contributed by atoms with Crippen LogP contribution in [0.2, 0.25) is 0 Å². The lowest BCUT2D eigenvalue weighted by molar-refractivity contribution is 0.163. The summed E-state index contributed by atoms with van der Waals surface area (Å²) in [6.45, 7) is 1.44. The van der Waals surface area contributed by atoms with Crippen molar-refractivity contribution in [1.82, 2.24) is 9.97 Å². The van der Waals surface area contributed by atoms with Crippen molar-refractivity contribution in [3.05, 3.63) is 42.3 Å². The molecule has 1 saturated heterocycles. The quantitative estimate of drug-likeness (QED) is 0.849. The molecule has 0 aliphatic carbocycles. The standard InChI is InChI=1S/C13H12FN3O2/c14-10-2-4-11(5-3-10)19-12-6-7-15-13(16-12)17-8-1-9-18-17/h2-7H,1,8-9H2. The lowest BCUT2D eigenvalue weighted by atomic mass is 10.3. The van der Waals surface area contributed by atoms with E-state index in [9.17, 15) is 4.39 Å². The maximum absolute atomic E-state index is 12.8. The van der Waals surface area contributed by atoms with Crippen molar-refractivity contribution in [3.63, 3.8) is 0 Å². The molecule has 1 aromatic carbocycles. The van der Waals surface area contributed by atoms with Crippen molar-refractivity contribution in [2.45, 2.75) is 6.42 Å². The topological polar surface area (TPSA) is 47.5 Å². The SMILES string of the molecule is Fc1ccc(Oc2ccnc(N3CCCO3)n2)cc1. The first-order valence-electron chi connectivity index (χ1n) is 5.98. The molecule has 6 heteroatoms. The molecule has 19 heavy (non-hydrogen) atoms. The van der Waals surface area contributed by atoms with Crippen LogP contribution in [-0.4, -0.2) is 23.1 Å². The molecule has 98 valence electrons. The fourth-order valence-corrected chi connectivity index (χ4v) is 1.74. The molecule has 3 rings (SSSR count). The highest BCUT2D eigenvalue weighted by Gasteiger charge is 2.16. The second kappa shape index (κ2) is 5.19. The zero-order valence-electron chi connectivity index (χ0n) is 10.1. The molecule has 0 unspecified atom stereocenters. The molecule has 2 heterocycles. The van der Waals surface area contributed by atoms with E-state index in [0.29, 0.717) is 24.2 Å². The number of benzene rings is 1. The van der Waals surface area contributed by atoms with E-state index in [0.717, 1.165) is 13.0 Å². The second-order valence-electron chi connectivity index (χ2n) is 4.04. The van der Waals surface area contributed by atoms with Gasteiger partial charge in [0.25, 0.3) is 5.95 Å². The molecular weight excluding hydrogens is 249 g/mol. The lowest BCUT2D eigenvalue weighted by Gasteiger charge is -2.13. The fourth-order valence-electron chi connectivity index (χ4n) is 1.74. The molecule has 0 spiro atoms. The maximum atomic E-state index is 12.8. The molecule has 5 nitrogen and oxygen atoms in total. The molecule has 1 aliphatic rings. The highest BCUT2D eigenvalue weighted by Crippen LogP contribution is 2.22. The predicted octanol–water partition coefficient (Wildman–Crippen LogP) is 2.55. The van der Waals surface area contributed by atoms with Gasteiger partial charge in [-0.1, -0.05) is 0 Å². The number of ether oxygens (including phenoxy) is 1. The van der Waals surface area contributed by atoms with Crippen molar-refractivity contribution < 1.29 is 14.0 Å². The molecule has 0 N–H and O–H groups in total. The Morgan fingerprint density at radius 1 is 1.21 bits per heavy atom. The number of hydroxylamine groups is 1. The average molecular weight is 261 g/mol. The summed E-state index contributed by atoms with van der Waals surface area (Å²) in [6.07, 6.45) is 2.55. The molecule has 0 saturated carbocycles. The van der Waals surface area contributed by atoms with Crippen LogP contribution in [0.5, 0.6) is 11.6 Å². The summed E-state index contributed by atoms with van der Waals surface area (Å²) >= 11 is 0. The Morgan fingerprint density at radius 2 is 2.05 bits per heavy atom. The Bertz CT molecular complexity index is 556. The van der Waals surface area contributed by atoms with E-state index in [1.165, 1.54) is 12.1 Å². The van der Waals surface area contributed by atoms with Crippen molar-refractivity contribution in [3.8, 4) is 11.6 Å². The van der Waals surface area contributed by atoms with E-state index in [4.69, 9.17) is 9.57 Å². The van der Waals surface area contributed by atoms with Crippen molar-refractivity contribution in [2.75, 3.05) is 18.2 Å². The summed E-state index contributed by atoms with van der Waals surface area (Å²) in [7, 11) is 0. The summed E-state index contributed by atoms with van der Waals surface area (Å²) in [6, 6.07) is 7.40. The van der Waals surface area contributed by atoms with Gasteiger partial charge >= 0.3 is 0 Å². The largest absolute Gasteiger partial charge is 0.439 e. The smallest absolute Gasteiger partial charge is 0.253 e. The Hall–Kier alpha value is -2.21. The van der Waals surface area contributed by atoms with Crippen LogP contribution in [0.3, 0.4) is 0 Å². The molecule has 0 amide bonds. The van der Waals surface area contributed by atoms with E-state index in [-0.39, 0.29) is 5.82 Å². The van der Waals surface area contributed by atoms with Gasteiger partial charge in [0.05, 0.1) is 13.2 Å². The van der Waals surface area contributed by atoms with Crippen LogP contribution < -0.4 is 9.80 Å². The van der Waals surface area contributed by atoms with Gasteiger partial charge < -0.3 is 4.74 Å². The van der Waals surface area contributed by atoms with Gasteiger partial charge in [0.15, 0.2) is 0 Å². The monoisotopic (exact) mass is 261 g/mol. The Morgan fingerprint density at radius 3 is 2.79 bits per heavy atom. The molecule has 1 aromatic heterocycles. The van der Waals surface area contributed by atoms with Gasteiger partial charge in [-0.25, -0.2) is 14.4 Å². The first kappa shape index (κ1) is 11.9. The van der Waals surface area contributed by atoms with E-state index in [1.807, 2.05) is 0 Å². The number of aromatic nitrogens is 2. The van der Waals surface area contributed by atoms with E-state index in [2.05, 4.69) is 9.97 Å². The first-order chi connectivity index (χ1) is 9.31. The third-order valence-corrected chi connectivity index (χ3v) is 2.63. The molecule has 1 fully saturated rings. The second-order valence-corrected chi connectivity index (χ2v) is 4.04. The normalized spacial score (nSPS) is 14.7. The number of hydrogen-bond donors (Lipinski definition) is 0. The number of anilines is 1.